The molecule has 0 saturated carbocycles. The lowest BCUT2D eigenvalue weighted by Crippen LogP contribution is -2.37. The summed E-state index contributed by atoms with van der Waals surface area (Å²) in [5.41, 5.74) is 4.64. The summed E-state index contributed by atoms with van der Waals surface area (Å²) in [6.45, 7) is 0.684. The van der Waals surface area contributed by atoms with Gasteiger partial charge in [-0.25, -0.2) is 9.36 Å². The molecular formula is C18H24ClN4O9P. The number of nitrogens with one attached hydrogen (secondary N) is 1. The molecule has 0 spiro atoms. The molecule has 0 bridgehead atoms. The highest BCUT2D eigenvalue weighted by Crippen LogP contribution is 2.45. The number of anilines is 1. The number of para-hydroxylation sites is 1. The van der Waals surface area contributed by atoms with Gasteiger partial charge in [-0.2, -0.15) is 10.1 Å². The summed E-state index contributed by atoms with van der Waals surface area (Å²) in [5.74, 6) is -1.18. The lowest BCUT2D eigenvalue weighted by atomic mass is 10.1. The maximum absolute atomic E-state index is 13.2. The summed E-state index contributed by atoms with van der Waals surface area (Å²) in [6, 6.07) is 7.93. The van der Waals surface area contributed by atoms with Crippen molar-refractivity contribution < 1.29 is 38.5 Å². The predicted octanol–water partition coefficient (Wildman–Crippen LogP) is 0.133. The van der Waals surface area contributed by atoms with Crippen LogP contribution in [-0.2, 0) is 18.6 Å². The van der Waals surface area contributed by atoms with E-state index in [2.05, 4.69) is 10.1 Å². The number of carboxylic acid groups (broad SMARTS) is 1. The second-order valence-corrected chi connectivity index (χ2v) is 8.67. The van der Waals surface area contributed by atoms with Gasteiger partial charge in [0.05, 0.1) is 6.61 Å². The summed E-state index contributed by atoms with van der Waals surface area (Å²) in [5, 5.41) is 32.1. The summed E-state index contributed by atoms with van der Waals surface area (Å²) < 4.78 is 30.4. The Bertz CT molecular complexity index is 1060. The first-order valence-electron chi connectivity index (χ1n) is 9.46. The highest BCUT2D eigenvalue weighted by atomic mass is 35.5. The third-order valence-electron chi connectivity index (χ3n) is 4.56. The SMILES string of the molecule is C[C@H](NP(=O)(OC[C@H]1O[C@@H](n2ccc(N)nc2=O)[C@H](O)[C@@H]1O)Oc1ccccc1)C(=O)O.Cl. The summed E-state index contributed by atoms with van der Waals surface area (Å²) >= 11 is 0. The molecule has 2 heterocycles. The number of aliphatic hydroxyl groups excluding tert-OH is 2. The van der Waals surface area contributed by atoms with Crippen LogP contribution in [0, 0.1) is 0 Å². The minimum atomic E-state index is -4.26. The zero-order valence-corrected chi connectivity index (χ0v) is 19.0. The van der Waals surface area contributed by atoms with Crippen LogP contribution in [0.5, 0.6) is 5.75 Å². The number of rotatable bonds is 9. The number of aliphatic hydroxyl groups is 2. The van der Waals surface area contributed by atoms with Crippen molar-refractivity contribution in [1.82, 2.24) is 14.6 Å². The van der Waals surface area contributed by atoms with E-state index < -0.39 is 56.6 Å². The highest BCUT2D eigenvalue weighted by molar-refractivity contribution is 7.52. The molecule has 0 aliphatic carbocycles. The summed E-state index contributed by atoms with van der Waals surface area (Å²) in [6.07, 6.45) is -4.35. The van der Waals surface area contributed by atoms with Crippen molar-refractivity contribution >= 4 is 31.9 Å². The lowest BCUT2D eigenvalue weighted by Gasteiger charge is -2.24. The van der Waals surface area contributed by atoms with Crippen LogP contribution in [0.3, 0.4) is 0 Å². The van der Waals surface area contributed by atoms with Crippen LogP contribution in [0.2, 0.25) is 0 Å². The van der Waals surface area contributed by atoms with E-state index in [-0.39, 0.29) is 24.0 Å². The van der Waals surface area contributed by atoms with Crippen molar-refractivity contribution in [3.8, 4) is 5.75 Å². The van der Waals surface area contributed by atoms with Crippen molar-refractivity contribution in [3.63, 3.8) is 0 Å². The van der Waals surface area contributed by atoms with Gasteiger partial charge >= 0.3 is 19.4 Å². The van der Waals surface area contributed by atoms with E-state index in [1.54, 1.807) is 18.2 Å². The van der Waals surface area contributed by atoms with Crippen LogP contribution in [0.4, 0.5) is 5.82 Å². The van der Waals surface area contributed by atoms with Crippen LogP contribution in [0.1, 0.15) is 13.2 Å². The number of nitrogen functional groups attached to an aromatic ring is 1. The fourth-order valence-electron chi connectivity index (χ4n) is 2.89. The quantitative estimate of drug-likeness (QED) is 0.289. The Morgan fingerprint density at radius 2 is 1.97 bits per heavy atom. The first-order valence-corrected chi connectivity index (χ1v) is 11.0. The molecule has 1 aliphatic heterocycles. The zero-order chi connectivity index (χ0) is 23.5. The molecule has 3 rings (SSSR count). The molecule has 1 fully saturated rings. The van der Waals surface area contributed by atoms with Crippen LogP contribution in [-0.4, -0.2) is 61.8 Å². The van der Waals surface area contributed by atoms with Gasteiger partial charge in [-0.1, -0.05) is 18.2 Å². The Labute approximate surface area is 194 Å². The minimum absolute atomic E-state index is 0. The number of carboxylic acids is 1. The van der Waals surface area contributed by atoms with Crippen molar-refractivity contribution in [2.75, 3.05) is 12.3 Å². The smallest absolute Gasteiger partial charge is 0.459 e. The van der Waals surface area contributed by atoms with Gasteiger partial charge in [0, 0.05) is 6.20 Å². The Morgan fingerprint density at radius 3 is 2.58 bits per heavy atom. The van der Waals surface area contributed by atoms with Crippen molar-refractivity contribution in [2.24, 2.45) is 0 Å². The van der Waals surface area contributed by atoms with E-state index in [9.17, 15) is 24.4 Å². The lowest BCUT2D eigenvalue weighted by molar-refractivity contribution is -0.138. The maximum atomic E-state index is 13.2. The fourth-order valence-corrected chi connectivity index (χ4v) is 4.40. The van der Waals surface area contributed by atoms with E-state index in [1.807, 2.05) is 0 Å². The second kappa shape index (κ2) is 11.1. The molecule has 1 unspecified atom stereocenters. The van der Waals surface area contributed by atoms with Gasteiger partial charge in [-0.15, -0.1) is 12.4 Å². The van der Waals surface area contributed by atoms with E-state index in [1.165, 1.54) is 31.3 Å². The average Bonchev–Trinajstić information content (AvgIpc) is 3.01. The number of aromatic nitrogens is 2. The van der Waals surface area contributed by atoms with Crippen molar-refractivity contribution in [2.45, 2.75) is 37.5 Å². The minimum Gasteiger partial charge on any atom is -0.480 e. The molecule has 15 heteroatoms. The Kier molecular flexibility index (Phi) is 8.97. The topological polar surface area (TPSA) is 195 Å². The van der Waals surface area contributed by atoms with Crippen LogP contribution < -0.4 is 21.0 Å². The molecular weight excluding hydrogens is 483 g/mol. The molecule has 1 aromatic heterocycles. The predicted molar refractivity (Wildman–Crippen MR) is 117 cm³/mol. The molecule has 1 aromatic carbocycles. The van der Waals surface area contributed by atoms with Gasteiger partial charge < -0.3 is 30.3 Å². The fraction of sp³-hybridized carbons (Fsp3) is 0.389. The van der Waals surface area contributed by atoms with Gasteiger partial charge in [-0.3, -0.25) is 13.9 Å². The number of hydrogen-bond acceptors (Lipinski definition) is 10. The van der Waals surface area contributed by atoms with Gasteiger partial charge in [0.25, 0.3) is 0 Å². The van der Waals surface area contributed by atoms with Crippen molar-refractivity contribution in [3.05, 3.63) is 53.1 Å². The monoisotopic (exact) mass is 506 g/mol. The molecule has 1 saturated heterocycles. The largest absolute Gasteiger partial charge is 0.480 e. The molecule has 33 heavy (non-hydrogen) atoms. The Balaban J connectivity index is 0.00000385. The first kappa shape index (κ1) is 26.7. The summed E-state index contributed by atoms with van der Waals surface area (Å²) in [4.78, 5) is 26.8. The first-order chi connectivity index (χ1) is 15.1. The van der Waals surface area contributed by atoms with E-state index >= 15 is 0 Å². The molecule has 182 valence electrons. The van der Waals surface area contributed by atoms with Crippen LogP contribution in [0.25, 0.3) is 0 Å². The third-order valence-corrected chi connectivity index (χ3v) is 6.21. The molecule has 2 aromatic rings. The van der Waals surface area contributed by atoms with E-state index in [4.69, 9.17) is 24.6 Å². The Hall–Kier alpha value is -2.51. The van der Waals surface area contributed by atoms with Crippen molar-refractivity contribution in [1.29, 1.82) is 0 Å². The van der Waals surface area contributed by atoms with Gasteiger partial charge in [0.1, 0.15) is 35.9 Å². The molecule has 6 atom stereocenters. The van der Waals surface area contributed by atoms with Gasteiger partial charge in [0.2, 0.25) is 0 Å². The average molecular weight is 507 g/mol. The number of aliphatic carboxylic acids is 1. The standard InChI is InChI=1S/C18H23N4O9P.ClH/c1-10(17(25)26)21-32(28,31-11-5-3-2-4-6-11)29-9-12-14(23)15(24)16(30-12)22-8-7-13(19)20-18(22)27;/h2-8,10,12,14-16,23-24H,9H2,1H3,(H,21,28)(H,25,26)(H2,19,20,27);1H/t10-,12+,14+,15+,16+,32?;/m0./s1. The third kappa shape index (κ3) is 6.51. The van der Waals surface area contributed by atoms with Crippen LogP contribution >= 0.6 is 20.2 Å². The zero-order valence-electron chi connectivity index (χ0n) is 17.3. The second-order valence-electron chi connectivity index (χ2n) is 6.98. The highest BCUT2D eigenvalue weighted by Gasteiger charge is 2.45. The van der Waals surface area contributed by atoms with E-state index in [0.717, 1.165) is 4.57 Å². The van der Waals surface area contributed by atoms with E-state index in [0.29, 0.717) is 0 Å². The Morgan fingerprint density at radius 1 is 1.30 bits per heavy atom. The van der Waals surface area contributed by atoms with Gasteiger partial charge in [-0.05, 0) is 25.1 Å². The number of benzene rings is 1. The number of hydrogen-bond donors (Lipinski definition) is 5. The molecule has 6 N–H and O–H groups in total. The maximum Gasteiger partial charge on any atom is 0.459 e. The molecule has 13 nitrogen and oxygen atoms in total. The number of ether oxygens (including phenoxy) is 1. The van der Waals surface area contributed by atoms with Gasteiger partial charge in [0.15, 0.2) is 6.23 Å². The van der Waals surface area contributed by atoms with Crippen LogP contribution in [0.15, 0.2) is 47.4 Å². The normalized spacial score (nSPS) is 24.9. The molecule has 0 radical (unpaired) electrons. The number of halogens is 1. The number of nitrogens with zero attached hydrogens (tertiary/aromatic N) is 2. The summed E-state index contributed by atoms with van der Waals surface area (Å²) in [7, 11) is -4.26. The number of nitrogens with two attached hydrogens (primary N) is 1. The molecule has 0 amide bonds. The number of carbonyl (C=O) groups is 1. The molecule has 1 aliphatic rings.